The number of aliphatic hydroxyl groups is 1. The predicted molar refractivity (Wildman–Crippen MR) is 88.3 cm³/mol. The summed E-state index contributed by atoms with van der Waals surface area (Å²) in [5.74, 6) is -1.12. The fourth-order valence-electron chi connectivity index (χ4n) is 1.88. The van der Waals surface area contributed by atoms with Gasteiger partial charge in [-0.1, -0.05) is 75.5 Å². The van der Waals surface area contributed by atoms with Gasteiger partial charge < -0.3 is 10.2 Å². The smallest absolute Gasteiger partial charge is 0.332 e. The first kappa shape index (κ1) is 19.7. The summed E-state index contributed by atoms with van der Waals surface area (Å²) in [5.41, 5.74) is 0. The second-order valence-electron chi connectivity index (χ2n) is 5.23. The van der Waals surface area contributed by atoms with Crippen LogP contribution in [0.3, 0.4) is 0 Å². The molecule has 2 N–H and O–H groups in total. The van der Waals surface area contributed by atoms with E-state index in [1.54, 1.807) is 0 Å². The Morgan fingerprint density at radius 3 is 2.05 bits per heavy atom. The molecule has 0 bridgehead atoms. The van der Waals surface area contributed by atoms with Crippen LogP contribution in [0.15, 0.2) is 36.5 Å². The third-order valence-electron chi connectivity index (χ3n) is 3.21. The minimum Gasteiger partial charge on any atom is -0.479 e. The number of unbranched alkanes of at least 4 members (excludes halogenated alkanes) is 6. The normalized spacial score (nSPS) is 13.6. The Labute approximate surface area is 129 Å². The summed E-state index contributed by atoms with van der Waals surface area (Å²) in [4.78, 5) is 10.4. The van der Waals surface area contributed by atoms with Gasteiger partial charge in [0.05, 0.1) is 0 Å². The highest BCUT2D eigenvalue weighted by atomic mass is 16.4. The van der Waals surface area contributed by atoms with Crippen LogP contribution in [0.2, 0.25) is 0 Å². The van der Waals surface area contributed by atoms with Gasteiger partial charge in [0.25, 0.3) is 0 Å². The number of allylic oxidation sites excluding steroid dienone is 6. The molecule has 21 heavy (non-hydrogen) atoms. The third-order valence-corrected chi connectivity index (χ3v) is 3.21. The van der Waals surface area contributed by atoms with E-state index in [-0.39, 0.29) is 0 Å². The molecular weight excluding hydrogens is 264 g/mol. The summed E-state index contributed by atoms with van der Waals surface area (Å²) in [6.07, 6.45) is 20.4. The third kappa shape index (κ3) is 14.9. The predicted octanol–water partition coefficient (Wildman–Crippen LogP) is 4.63. The van der Waals surface area contributed by atoms with Gasteiger partial charge in [-0.25, -0.2) is 4.79 Å². The molecule has 0 aromatic rings. The fraction of sp³-hybridized carbons (Fsp3) is 0.611. The van der Waals surface area contributed by atoms with E-state index in [9.17, 15) is 4.79 Å². The van der Waals surface area contributed by atoms with Gasteiger partial charge in [-0.2, -0.15) is 0 Å². The van der Waals surface area contributed by atoms with Gasteiger partial charge in [0.2, 0.25) is 0 Å². The number of hydrogen-bond donors (Lipinski definition) is 2. The lowest BCUT2D eigenvalue weighted by Gasteiger charge is -2.04. The van der Waals surface area contributed by atoms with E-state index in [0.717, 1.165) is 38.5 Å². The van der Waals surface area contributed by atoms with E-state index >= 15 is 0 Å². The molecule has 0 saturated heterocycles. The van der Waals surface area contributed by atoms with E-state index in [0.29, 0.717) is 6.42 Å². The Morgan fingerprint density at radius 2 is 1.48 bits per heavy atom. The van der Waals surface area contributed by atoms with Crippen molar-refractivity contribution in [2.24, 2.45) is 0 Å². The second-order valence-corrected chi connectivity index (χ2v) is 5.23. The zero-order valence-corrected chi connectivity index (χ0v) is 13.2. The number of carboxylic acids is 1. The van der Waals surface area contributed by atoms with Crippen LogP contribution in [0.5, 0.6) is 0 Å². The molecule has 0 amide bonds. The highest BCUT2D eigenvalue weighted by molar-refractivity contribution is 5.71. The average molecular weight is 294 g/mol. The minimum atomic E-state index is -1.19. The lowest BCUT2D eigenvalue weighted by atomic mass is 10.1. The van der Waals surface area contributed by atoms with Crippen molar-refractivity contribution in [2.45, 2.75) is 70.8 Å². The fourth-order valence-corrected chi connectivity index (χ4v) is 1.88. The zero-order valence-electron chi connectivity index (χ0n) is 13.2. The molecule has 0 aliphatic rings. The number of aliphatic hydroxyl groups excluding tert-OH is 1. The van der Waals surface area contributed by atoms with E-state index in [4.69, 9.17) is 10.2 Å². The first-order chi connectivity index (χ1) is 10.2. The van der Waals surface area contributed by atoms with Crippen molar-refractivity contribution >= 4 is 5.97 Å². The Balaban J connectivity index is 3.38. The molecule has 1 unspecified atom stereocenters. The molecule has 0 spiro atoms. The molecular formula is C18H30O3. The summed E-state index contributed by atoms with van der Waals surface area (Å²) < 4.78 is 0. The monoisotopic (exact) mass is 294 g/mol. The largest absolute Gasteiger partial charge is 0.479 e. The Hall–Kier alpha value is -1.35. The van der Waals surface area contributed by atoms with Crippen molar-refractivity contribution < 1.29 is 15.0 Å². The van der Waals surface area contributed by atoms with Crippen LogP contribution in [0.4, 0.5) is 0 Å². The van der Waals surface area contributed by atoms with Crippen molar-refractivity contribution in [1.29, 1.82) is 0 Å². The Bertz CT molecular complexity index is 329. The lowest BCUT2D eigenvalue weighted by Crippen LogP contribution is -2.18. The van der Waals surface area contributed by atoms with E-state index in [1.165, 1.54) is 12.8 Å². The number of carboxylic acid groups (broad SMARTS) is 1. The molecule has 0 aliphatic heterocycles. The molecule has 1 atom stereocenters. The Morgan fingerprint density at radius 1 is 0.905 bits per heavy atom. The summed E-state index contributed by atoms with van der Waals surface area (Å²) in [7, 11) is 0. The highest BCUT2D eigenvalue weighted by Gasteiger charge is 2.11. The summed E-state index contributed by atoms with van der Waals surface area (Å²) in [5, 5.41) is 17.6. The quantitative estimate of drug-likeness (QED) is 0.384. The molecule has 0 aliphatic carbocycles. The van der Waals surface area contributed by atoms with Gasteiger partial charge in [-0.05, 0) is 25.7 Å². The number of rotatable bonds is 13. The molecule has 0 rings (SSSR count). The molecule has 3 heteroatoms. The SMILES string of the molecule is CCCC\C=C/C=C/C=C\CCCCCCC(O)C(=O)O. The van der Waals surface area contributed by atoms with E-state index in [2.05, 4.69) is 37.3 Å². The number of hydrogen-bond acceptors (Lipinski definition) is 2. The van der Waals surface area contributed by atoms with Gasteiger partial charge >= 0.3 is 5.97 Å². The maximum atomic E-state index is 10.4. The average Bonchev–Trinajstić information content (AvgIpc) is 2.47. The number of aliphatic carboxylic acids is 1. The van der Waals surface area contributed by atoms with Crippen molar-refractivity contribution in [1.82, 2.24) is 0 Å². The first-order valence-electron chi connectivity index (χ1n) is 8.07. The summed E-state index contributed by atoms with van der Waals surface area (Å²) in [6, 6.07) is 0. The van der Waals surface area contributed by atoms with Crippen LogP contribution in [0.1, 0.15) is 64.7 Å². The maximum Gasteiger partial charge on any atom is 0.332 e. The van der Waals surface area contributed by atoms with E-state index in [1.807, 2.05) is 6.08 Å². The molecule has 0 aromatic carbocycles. The molecule has 0 radical (unpaired) electrons. The summed E-state index contributed by atoms with van der Waals surface area (Å²) >= 11 is 0. The van der Waals surface area contributed by atoms with Crippen LogP contribution < -0.4 is 0 Å². The van der Waals surface area contributed by atoms with Crippen LogP contribution in [0.25, 0.3) is 0 Å². The Kier molecular flexibility index (Phi) is 14.1. The zero-order chi connectivity index (χ0) is 15.8. The lowest BCUT2D eigenvalue weighted by molar-refractivity contribution is -0.146. The second kappa shape index (κ2) is 15.0. The minimum absolute atomic E-state index is 0.359. The van der Waals surface area contributed by atoms with Crippen molar-refractivity contribution in [3.05, 3.63) is 36.5 Å². The van der Waals surface area contributed by atoms with Crippen LogP contribution in [-0.2, 0) is 4.79 Å². The van der Waals surface area contributed by atoms with Gasteiger partial charge in [0, 0.05) is 0 Å². The van der Waals surface area contributed by atoms with Gasteiger partial charge in [0.1, 0.15) is 0 Å². The van der Waals surface area contributed by atoms with Gasteiger partial charge in [-0.3, -0.25) is 0 Å². The molecule has 120 valence electrons. The highest BCUT2D eigenvalue weighted by Crippen LogP contribution is 2.08. The molecule has 3 nitrogen and oxygen atoms in total. The van der Waals surface area contributed by atoms with Gasteiger partial charge in [-0.15, -0.1) is 0 Å². The van der Waals surface area contributed by atoms with Crippen LogP contribution in [-0.4, -0.2) is 22.3 Å². The molecule has 0 heterocycles. The van der Waals surface area contributed by atoms with Crippen molar-refractivity contribution in [2.75, 3.05) is 0 Å². The molecule has 0 saturated carbocycles. The topological polar surface area (TPSA) is 57.5 Å². The van der Waals surface area contributed by atoms with Crippen LogP contribution >= 0.6 is 0 Å². The van der Waals surface area contributed by atoms with Crippen molar-refractivity contribution in [3.63, 3.8) is 0 Å². The summed E-state index contributed by atoms with van der Waals surface area (Å²) in [6.45, 7) is 2.20. The van der Waals surface area contributed by atoms with Gasteiger partial charge in [0.15, 0.2) is 6.10 Å². The standard InChI is InChI=1S/C18H30O3/c1-2-3-4-5-6-7-8-9-10-11-12-13-14-15-16-17(19)18(20)21/h5-10,17,19H,2-4,11-16H2,1H3,(H,20,21)/b6-5-,8-7+,10-9-. The van der Waals surface area contributed by atoms with E-state index < -0.39 is 12.1 Å². The maximum absolute atomic E-state index is 10.4. The number of carbonyl (C=O) groups is 1. The molecule has 0 fully saturated rings. The molecule has 0 aromatic heterocycles. The van der Waals surface area contributed by atoms with Crippen molar-refractivity contribution in [3.8, 4) is 0 Å². The van der Waals surface area contributed by atoms with Crippen LogP contribution in [0, 0.1) is 0 Å². The first-order valence-corrected chi connectivity index (χ1v) is 8.07.